The fraction of sp³-hybridized carbons (Fsp3) is 0. The minimum Gasteiger partial charge on any atom is -0.376 e. The summed E-state index contributed by atoms with van der Waals surface area (Å²) in [5.74, 6) is 0. The van der Waals surface area contributed by atoms with Gasteiger partial charge in [0.15, 0.2) is 0 Å². The molecule has 2 aliphatic heterocycles. The molecular weight excluding hydrogens is 471 g/mol. The van der Waals surface area contributed by atoms with Crippen molar-refractivity contribution >= 4 is 51.0 Å². The third-order valence-electron chi connectivity index (χ3n) is 8.59. The van der Waals surface area contributed by atoms with Crippen LogP contribution in [0.3, 0.4) is 0 Å². The minimum absolute atomic E-state index is 0.119. The first-order chi connectivity index (χ1) is 19.4. The van der Waals surface area contributed by atoms with Gasteiger partial charge in [-0.3, -0.25) is 0 Å². The molecule has 0 spiro atoms. The average Bonchev–Trinajstić information content (AvgIpc) is 3.35. The monoisotopic (exact) mass is 494 g/mol. The number of aromatic nitrogens is 1. The fourth-order valence-corrected chi connectivity index (χ4v) is 7.01. The van der Waals surface area contributed by atoms with Crippen LogP contribution in [0.1, 0.15) is 0 Å². The highest BCUT2D eigenvalue weighted by Crippen LogP contribution is 2.46. The maximum atomic E-state index is 2.55. The van der Waals surface area contributed by atoms with E-state index in [4.69, 9.17) is 0 Å². The smallest absolute Gasteiger partial charge is 0.329 e. The Hall–Kier alpha value is -5.02. The lowest BCUT2D eigenvalue weighted by Gasteiger charge is -2.43. The van der Waals surface area contributed by atoms with Crippen LogP contribution in [0.15, 0.2) is 140 Å². The quantitative estimate of drug-likeness (QED) is 0.213. The maximum Gasteiger partial charge on any atom is 0.329 e. The Morgan fingerprint density at radius 1 is 0.410 bits per heavy atom. The molecule has 0 saturated carbocycles. The molecule has 39 heavy (non-hydrogen) atoms. The van der Waals surface area contributed by atoms with E-state index in [-0.39, 0.29) is 6.85 Å². The highest BCUT2D eigenvalue weighted by Gasteiger charge is 2.41. The Kier molecular flexibility index (Phi) is 4.17. The highest BCUT2D eigenvalue weighted by atomic mass is 15.1. The van der Waals surface area contributed by atoms with E-state index in [0.717, 1.165) is 0 Å². The lowest BCUT2D eigenvalue weighted by molar-refractivity contribution is 1.18. The zero-order valence-corrected chi connectivity index (χ0v) is 21.3. The summed E-state index contributed by atoms with van der Waals surface area (Å²) < 4.78 is 2.42. The van der Waals surface area contributed by atoms with Gasteiger partial charge in [0.1, 0.15) is 0 Å². The van der Waals surface area contributed by atoms with Crippen molar-refractivity contribution in [3.63, 3.8) is 0 Å². The Labute approximate surface area is 227 Å². The summed E-state index contributed by atoms with van der Waals surface area (Å²) in [6.45, 7) is 0.119. The Morgan fingerprint density at radius 3 is 1.62 bits per heavy atom. The van der Waals surface area contributed by atoms with Gasteiger partial charge in [0.2, 0.25) is 0 Å². The van der Waals surface area contributed by atoms with Gasteiger partial charge in [-0.25, -0.2) is 0 Å². The van der Waals surface area contributed by atoms with E-state index in [1.807, 2.05) is 0 Å². The zero-order valence-electron chi connectivity index (χ0n) is 21.3. The summed E-state index contributed by atoms with van der Waals surface area (Å²) in [7, 11) is 0. The van der Waals surface area contributed by atoms with E-state index in [2.05, 4.69) is 149 Å². The van der Waals surface area contributed by atoms with Crippen LogP contribution in [0.2, 0.25) is 0 Å². The SMILES string of the molecule is c1ccc2c(c1)B1c3ccc(-n4c5ccccc5c5ccccc54)cc3-c3ccccc3N1c1ccccc1-2. The molecular formula is C36H23BN2. The van der Waals surface area contributed by atoms with E-state index in [9.17, 15) is 0 Å². The summed E-state index contributed by atoms with van der Waals surface area (Å²) in [5.41, 5.74) is 14.1. The van der Waals surface area contributed by atoms with Crippen LogP contribution in [-0.4, -0.2) is 11.4 Å². The van der Waals surface area contributed by atoms with Crippen molar-refractivity contribution < 1.29 is 0 Å². The number of para-hydroxylation sites is 4. The largest absolute Gasteiger partial charge is 0.376 e. The minimum atomic E-state index is 0.119. The van der Waals surface area contributed by atoms with Crippen LogP contribution in [0.4, 0.5) is 11.4 Å². The number of hydrogen-bond acceptors (Lipinski definition) is 1. The number of nitrogens with zero attached hydrogens (tertiary/aromatic N) is 2. The summed E-state index contributed by atoms with van der Waals surface area (Å²) in [4.78, 5) is 2.55. The molecule has 0 bridgehead atoms. The van der Waals surface area contributed by atoms with E-state index in [1.54, 1.807) is 0 Å². The maximum absolute atomic E-state index is 2.55. The first kappa shape index (κ1) is 21.0. The number of fused-ring (bicyclic) bond motifs is 14. The van der Waals surface area contributed by atoms with E-state index >= 15 is 0 Å². The predicted molar refractivity (Wildman–Crippen MR) is 165 cm³/mol. The molecule has 2 aliphatic rings. The standard InChI is InChI=1S/C36H23BN2/c1-6-16-31-25(11-1)26-12-4-9-19-35(26)39-36-20-10-5-15-29(36)30-23-24(21-22-32(30)37(31)39)38-33-17-7-2-13-27(33)28-14-3-8-18-34(28)38/h1-23H. The molecule has 7 aromatic rings. The third-order valence-corrected chi connectivity index (χ3v) is 8.59. The molecule has 1 aromatic heterocycles. The Bertz CT molecular complexity index is 2050. The van der Waals surface area contributed by atoms with Crippen molar-refractivity contribution in [2.45, 2.75) is 0 Å². The molecule has 2 nitrogen and oxygen atoms in total. The van der Waals surface area contributed by atoms with Gasteiger partial charge in [0.05, 0.1) is 11.0 Å². The number of anilines is 2. The summed E-state index contributed by atoms with van der Waals surface area (Å²) in [6.07, 6.45) is 0. The molecule has 0 unspecified atom stereocenters. The van der Waals surface area contributed by atoms with Crippen LogP contribution in [0, 0.1) is 0 Å². The average molecular weight is 494 g/mol. The first-order valence-electron chi connectivity index (χ1n) is 13.6. The number of hydrogen-bond donors (Lipinski definition) is 0. The summed E-state index contributed by atoms with van der Waals surface area (Å²) >= 11 is 0. The molecule has 0 N–H and O–H groups in total. The second kappa shape index (κ2) is 7.75. The van der Waals surface area contributed by atoms with Gasteiger partial charge in [-0.05, 0) is 58.5 Å². The summed E-state index contributed by atoms with van der Waals surface area (Å²) in [5, 5.41) is 2.57. The zero-order chi connectivity index (χ0) is 25.5. The van der Waals surface area contributed by atoms with Gasteiger partial charge in [0, 0.05) is 39.0 Å². The van der Waals surface area contributed by atoms with Crippen molar-refractivity contribution in [1.29, 1.82) is 0 Å². The van der Waals surface area contributed by atoms with Gasteiger partial charge in [-0.1, -0.05) is 103 Å². The second-order valence-electron chi connectivity index (χ2n) is 10.5. The molecule has 6 aromatic carbocycles. The van der Waals surface area contributed by atoms with Crippen LogP contribution in [0.25, 0.3) is 49.7 Å². The number of rotatable bonds is 1. The molecule has 0 saturated heterocycles. The Morgan fingerprint density at radius 2 is 0.923 bits per heavy atom. The van der Waals surface area contributed by atoms with Crippen molar-refractivity contribution in [1.82, 2.24) is 4.57 Å². The van der Waals surface area contributed by atoms with Crippen LogP contribution in [-0.2, 0) is 0 Å². The normalized spacial score (nSPS) is 13.0. The molecule has 0 fully saturated rings. The highest BCUT2D eigenvalue weighted by molar-refractivity contribution is 6.92. The van der Waals surface area contributed by atoms with E-state index in [1.165, 1.54) is 72.0 Å². The van der Waals surface area contributed by atoms with Gasteiger partial charge in [-0.15, -0.1) is 0 Å². The van der Waals surface area contributed by atoms with Crippen LogP contribution >= 0.6 is 0 Å². The lowest BCUT2D eigenvalue weighted by atomic mass is 9.43. The topological polar surface area (TPSA) is 8.17 Å². The third kappa shape index (κ3) is 2.77. The first-order valence-corrected chi connectivity index (χ1v) is 13.6. The van der Waals surface area contributed by atoms with Crippen LogP contribution in [0.5, 0.6) is 0 Å². The van der Waals surface area contributed by atoms with Crippen molar-refractivity contribution in [3.8, 4) is 27.9 Å². The van der Waals surface area contributed by atoms with Gasteiger partial charge >= 0.3 is 6.85 Å². The molecule has 3 heteroatoms. The molecule has 9 rings (SSSR count). The van der Waals surface area contributed by atoms with Gasteiger partial charge in [0.25, 0.3) is 0 Å². The second-order valence-corrected chi connectivity index (χ2v) is 10.5. The molecule has 3 heterocycles. The molecule has 0 atom stereocenters. The molecule has 180 valence electrons. The molecule has 0 aliphatic carbocycles. The van der Waals surface area contributed by atoms with Gasteiger partial charge < -0.3 is 9.38 Å². The van der Waals surface area contributed by atoms with E-state index in [0.29, 0.717) is 0 Å². The molecule has 0 radical (unpaired) electrons. The Balaban J connectivity index is 1.35. The van der Waals surface area contributed by atoms with Crippen molar-refractivity contribution in [3.05, 3.63) is 140 Å². The fourth-order valence-electron chi connectivity index (χ4n) is 7.01. The summed E-state index contributed by atoms with van der Waals surface area (Å²) in [6, 6.07) is 51.2. The number of benzene rings is 6. The van der Waals surface area contributed by atoms with E-state index < -0.39 is 0 Å². The van der Waals surface area contributed by atoms with Crippen LogP contribution < -0.4 is 15.7 Å². The van der Waals surface area contributed by atoms with Gasteiger partial charge in [-0.2, -0.15) is 0 Å². The lowest BCUT2D eigenvalue weighted by Crippen LogP contribution is -2.59. The predicted octanol–water partition coefficient (Wildman–Crippen LogP) is 7.69. The van der Waals surface area contributed by atoms with Crippen molar-refractivity contribution in [2.75, 3.05) is 4.81 Å². The van der Waals surface area contributed by atoms with Crippen molar-refractivity contribution in [2.24, 2.45) is 0 Å². The molecule has 0 amide bonds.